The summed E-state index contributed by atoms with van der Waals surface area (Å²) in [5, 5.41) is 0. The van der Waals surface area contributed by atoms with E-state index in [0.29, 0.717) is 17.4 Å². The van der Waals surface area contributed by atoms with Gasteiger partial charge in [0, 0.05) is 48.2 Å². The van der Waals surface area contributed by atoms with Crippen molar-refractivity contribution < 1.29 is 0 Å². The number of benzene rings is 1. The van der Waals surface area contributed by atoms with Gasteiger partial charge in [-0.3, -0.25) is 9.97 Å². The zero-order valence-electron chi connectivity index (χ0n) is 16.7. The van der Waals surface area contributed by atoms with Crippen molar-refractivity contribution in [1.29, 1.82) is 0 Å². The zero-order valence-corrected chi connectivity index (χ0v) is 16.7. The normalized spacial score (nSPS) is 19.7. The summed E-state index contributed by atoms with van der Waals surface area (Å²) >= 11 is 0. The summed E-state index contributed by atoms with van der Waals surface area (Å²) in [5.41, 5.74) is 11.8. The van der Waals surface area contributed by atoms with Crippen molar-refractivity contribution >= 4 is 5.84 Å². The Morgan fingerprint density at radius 2 is 1.65 bits per heavy atom. The quantitative estimate of drug-likeness (QED) is 0.559. The summed E-state index contributed by atoms with van der Waals surface area (Å²) in [5.74, 6) is 0.912. The molecular formula is C24H19N7. The minimum atomic E-state index is -0.883. The molecule has 1 aromatic carbocycles. The molecule has 0 saturated heterocycles. The maximum atomic E-state index is 6.37. The molecule has 0 bridgehead atoms. The highest BCUT2D eigenvalue weighted by Crippen LogP contribution is 2.47. The van der Waals surface area contributed by atoms with Crippen LogP contribution in [0.1, 0.15) is 47.0 Å². The summed E-state index contributed by atoms with van der Waals surface area (Å²) in [6, 6.07) is 12.4. The number of hydrogen-bond acceptors (Lipinski definition) is 7. The summed E-state index contributed by atoms with van der Waals surface area (Å²) in [6.07, 6.45) is 12.7. The van der Waals surface area contributed by atoms with Crippen LogP contribution in [0.5, 0.6) is 0 Å². The van der Waals surface area contributed by atoms with Crippen molar-refractivity contribution in [2.24, 2.45) is 10.7 Å². The number of aromatic nitrogens is 5. The van der Waals surface area contributed by atoms with E-state index in [-0.39, 0.29) is 0 Å². The molecule has 6 rings (SSSR count). The lowest BCUT2D eigenvalue weighted by molar-refractivity contribution is 0.642. The van der Waals surface area contributed by atoms with Crippen molar-refractivity contribution in [2.45, 2.75) is 24.3 Å². The number of fused-ring (bicyclic) bond motifs is 1. The summed E-state index contributed by atoms with van der Waals surface area (Å²) in [4.78, 5) is 27.1. The summed E-state index contributed by atoms with van der Waals surface area (Å²) < 4.78 is 0. The van der Waals surface area contributed by atoms with Crippen LogP contribution in [-0.2, 0) is 5.54 Å². The first-order valence-corrected chi connectivity index (χ1v) is 10.3. The first kappa shape index (κ1) is 17.8. The van der Waals surface area contributed by atoms with Crippen molar-refractivity contribution in [2.75, 3.05) is 0 Å². The molecule has 0 spiro atoms. The van der Waals surface area contributed by atoms with Gasteiger partial charge in [0.2, 0.25) is 0 Å². The highest BCUT2D eigenvalue weighted by molar-refractivity contribution is 6.01. The predicted molar refractivity (Wildman–Crippen MR) is 116 cm³/mol. The van der Waals surface area contributed by atoms with Crippen molar-refractivity contribution in [3.05, 3.63) is 102 Å². The third-order valence-electron chi connectivity index (χ3n) is 5.94. The fourth-order valence-electron chi connectivity index (χ4n) is 4.29. The number of pyridine rings is 1. The minimum Gasteiger partial charge on any atom is -0.382 e. The largest absolute Gasteiger partial charge is 0.382 e. The van der Waals surface area contributed by atoms with Gasteiger partial charge in [-0.2, -0.15) is 0 Å². The van der Waals surface area contributed by atoms with E-state index in [1.165, 1.54) is 19.2 Å². The Balaban J connectivity index is 1.61. The highest BCUT2D eigenvalue weighted by atomic mass is 15.1. The molecule has 4 aromatic rings. The van der Waals surface area contributed by atoms with Gasteiger partial charge in [0.25, 0.3) is 0 Å². The molecule has 1 saturated carbocycles. The third-order valence-corrected chi connectivity index (χ3v) is 5.94. The molecule has 31 heavy (non-hydrogen) atoms. The number of amidine groups is 1. The summed E-state index contributed by atoms with van der Waals surface area (Å²) in [6.45, 7) is 0. The second-order valence-corrected chi connectivity index (χ2v) is 7.91. The molecule has 1 fully saturated rings. The van der Waals surface area contributed by atoms with E-state index in [1.54, 1.807) is 24.8 Å². The molecule has 1 aliphatic heterocycles. The zero-order chi connectivity index (χ0) is 20.8. The van der Waals surface area contributed by atoms with Crippen LogP contribution in [-0.4, -0.2) is 30.8 Å². The van der Waals surface area contributed by atoms with E-state index in [1.807, 2.05) is 24.4 Å². The molecule has 3 aromatic heterocycles. The van der Waals surface area contributed by atoms with Gasteiger partial charge >= 0.3 is 0 Å². The Labute approximate surface area is 179 Å². The Kier molecular flexibility index (Phi) is 3.89. The molecule has 7 heteroatoms. The lowest BCUT2D eigenvalue weighted by Gasteiger charge is -2.28. The van der Waals surface area contributed by atoms with E-state index in [2.05, 4.69) is 38.1 Å². The van der Waals surface area contributed by atoms with Gasteiger partial charge in [-0.05, 0) is 47.7 Å². The number of nitrogens with two attached hydrogens (primary N) is 1. The van der Waals surface area contributed by atoms with Gasteiger partial charge in [-0.15, -0.1) is 0 Å². The van der Waals surface area contributed by atoms with Gasteiger partial charge in [-0.25, -0.2) is 19.9 Å². The van der Waals surface area contributed by atoms with Gasteiger partial charge in [-0.1, -0.05) is 18.2 Å². The Bertz CT molecular complexity index is 1310. The Morgan fingerprint density at radius 3 is 2.48 bits per heavy atom. The molecule has 1 atom stereocenters. The molecule has 4 heterocycles. The minimum absolute atomic E-state index is 0.390. The maximum absolute atomic E-state index is 6.37. The molecule has 150 valence electrons. The van der Waals surface area contributed by atoms with Crippen molar-refractivity contribution in [3.8, 4) is 11.1 Å². The van der Waals surface area contributed by atoms with E-state index in [4.69, 9.17) is 15.7 Å². The van der Waals surface area contributed by atoms with E-state index in [0.717, 1.165) is 33.6 Å². The van der Waals surface area contributed by atoms with E-state index in [9.17, 15) is 0 Å². The monoisotopic (exact) mass is 405 g/mol. The molecule has 7 nitrogen and oxygen atoms in total. The van der Waals surface area contributed by atoms with Crippen LogP contribution in [0.25, 0.3) is 11.1 Å². The number of hydrogen-bond donors (Lipinski definition) is 1. The van der Waals surface area contributed by atoms with Crippen LogP contribution in [0.15, 0.2) is 78.7 Å². The maximum Gasteiger partial charge on any atom is 0.157 e. The fourth-order valence-corrected chi connectivity index (χ4v) is 4.29. The second kappa shape index (κ2) is 6.77. The third kappa shape index (κ3) is 2.81. The first-order chi connectivity index (χ1) is 15.3. The first-order valence-electron chi connectivity index (χ1n) is 10.3. The average Bonchev–Trinajstić information content (AvgIpc) is 3.65. The number of aliphatic imine (C=N–C) groups is 1. The topological polar surface area (TPSA) is 103 Å². The van der Waals surface area contributed by atoms with Crippen LogP contribution in [0.4, 0.5) is 0 Å². The van der Waals surface area contributed by atoms with Crippen LogP contribution >= 0.6 is 0 Å². The SMILES string of the molecule is NC1=N[C@](c2cccc(-c3cncnc3)c2)(c2ccnc(C3CC3)c2)c2nccnc21. The van der Waals surface area contributed by atoms with Crippen molar-refractivity contribution in [1.82, 2.24) is 24.9 Å². The highest BCUT2D eigenvalue weighted by Gasteiger charge is 2.46. The number of rotatable bonds is 4. The predicted octanol–water partition coefficient (Wildman–Crippen LogP) is 3.22. The van der Waals surface area contributed by atoms with Gasteiger partial charge < -0.3 is 5.73 Å². The molecule has 1 aliphatic carbocycles. The smallest absolute Gasteiger partial charge is 0.157 e. The van der Waals surface area contributed by atoms with Gasteiger partial charge in [0.15, 0.2) is 5.54 Å². The fraction of sp³-hybridized carbons (Fsp3) is 0.167. The lowest BCUT2D eigenvalue weighted by atomic mass is 9.80. The molecule has 2 aliphatic rings. The van der Waals surface area contributed by atoms with Gasteiger partial charge in [0.1, 0.15) is 23.6 Å². The van der Waals surface area contributed by atoms with E-state index < -0.39 is 5.54 Å². The molecule has 2 N–H and O–H groups in total. The lowest BCUT2D eigenvalue weighted by Crippen LogP contribution is -2.27. The molecule has 0 amide bonds. The van der Waals surface area contributed by atoms with Gasteiger partial charge in [0.05, 0.1) is 0 Å². The van der Waals surface area contributed by atoms with E-state index >= 15 is 0 Å². The molecule has 0 radical (unpaired) electrons. The molecular weight excluding hydrogens is 386 g/mol. The molecule has 0 unspecified atom stereocenters. The van der Waals surface area contributed by atoms with Crippen LogP contribution < -0.4 is 5.73 Å². The summed E-state index contributed by atoms with van der Waals surface area (Å²) in [7, 11) is 0. The number of nitrogens with zero attached hydrogens (tertiary/aromatic N) is 6. The van der Waals surface area contributed by atoms with Crippen molar-refractivity contribution in [3.63, 3.8) is 0 Å². The standard InChI is InChI=1S/C24H19N7/c25-23-21-22(30-9-8-29-21)24(31-23,19-6-7-28-20(11-19)15-4-5-15)18-3-1-2-16(10-18)17-12-26-14-27-13-17/h1-3,6-15H,4-5H2,(H2,25,31)/t24-/m1/s1. The Hall–Kier alpha value is -4.00. The van der Waals surface area contributed by atoms with Crippen LogP contribution in [0.2, 0.25) is 0 Å². The second-order valence-electron chi connectivity index (χ2n) is 7.91. The Morgan fingerprint density at radius 1 is 0.839 bits per heavy atom. The van der Waals surface area contributed by atoms with Crippen LogP contribution in [0.3, 0.4) is 0 Å². The van der Waals surface area contributed by atoms with Crippen LogP contribution in [0, 0.1) is 0 Å². The average molecular weight is 405 g/mol.